The molecule has 0 radical (unpaired) electrons. The first-order valence-electron chi connectivity index (χ1n) is 7.82. The Kier molecular flexibility index (Phi) is 3.45. The zero-order valence-electron chi connectivity index (χ0n) is 11.5. The molecular formula is C15H28N2. The van der Waals surface area contributed by atoms with Crippen LogP contribution in [0.5, 0.6) is 0 Å². The molecule has 0 amide bonds. The van der Waals surface area contributed by atoms with Crippen LogP contribution in [0.4, 0.5) is 0 Å². The Balaban J connectivity index is 1.71. The molecule has 1 heterocycles. The molecule has 1 aliphatic heterocycles. The van der Waals surface area contributed by atoms with E-state index in [1.54, 1.807) is 0 Å². The van der Waals surface area contributed by atoms with Crippen molar-refractivity contribution < 1.29 is 0 Å². The van der Waals surface area contributed by atoms with E-state index in [0.29, 0.717) is 0 Å². The summed E-state index contributed by atoms with van der Waals surface area (Å²) in [5.41, 5.74) is 0. The molecule has 0 bridgehead atoms. The largest absolute Gasteiger partial charge is 0.311 e. The fourth-order valence-corrected chi connectivity index (χ4v) is 3.71. The van der Waals surface area contributed by atoms with E-state index in [2.05, 4.69) is 24.1 Å². The van der Waals surface area contributed by atoms with E-state index in [1.807, 2.05) is 0 Å². The first-order valence-corrected chi connectivity index (χ1v) is 7.82. The van der Waals surface area contributed by atoms with Crippen LogP contribution in [0.25, 0.3) is 0 Å². The second kappa shape index (κ2) is 4.89. The quantitative estimate of drug-likeness (QED) is 0.789. The summed E-state index contributed by atoms with van der Waals surface area (Å²) in [7, 11) is 0. The molecule has 2 heteroatoms. The maximum Gasteiger partial charge on any atom is 0.0221 e. The number of piperazine rings is 1. The standard InChI is InChI=1S/C15H28N2/c1-3-13-10-17(14(4-2)9-16-13)15(11-5-6-11)12-7-8-12/h11-16H,3-10H2,1-2H3. The lowest BCUT2D eigenvalue weighted by Gasteiger charge is -2.45. The molecule has 1 saturated heterocycles. The molecule has 3 rings (SSSR count). The Bertz CT molecular complexity index is 246. The smallest absolute Gasteiger partial charge is 0.0221 e. The first kappa shape index (κ1) is 12.0. The minimum Gasteiger partial charge on any atom is -0.311 e. The van der Waals surface area contributed by atoms with E-state index in [4.69, 9.17) is 0 Å². The van der Waals surface area contributed by atoms with Gasteiger partial charge in [-0.2, -0.15) is 0 Å². The zero-order chi connectivity index (χ0) is 11.8. The Morgan fingerprint density at radius 3 is 2.18 bits per heavy atom. The molecule has 3 aliphatic rings. The average Bonchev–Trinajstić information content (AvgIpc) is 3.23. The van der Waals surface area contributed by atoms with Crippen molar-refractivity contribution in [3.05, 3.63) is 0 Å². The Labute approximate surface area is 106 Å². The van der Waals surface area contributed by atoms with E-state index in [1.165, 1.54) is 51.6 Å². The molecule has 2 aliphatic carbocycles. The minimum absolute atomic E-state index is 0.748. The van der Waals surface area contributed by atoms with E-state index < -0.39 is 0 Å². The topological polar surface area (TPSA) is 15.3 Å². The third-order valence-corrected chi connectivity index (χ3v) is 5.10. The van der Waals surface area contributed by atoms with Crippen LogP contribution < -0.4 is 5.32 Å². The first-order chi connectivity index (χ1) is 8.33. The Morgan fingerprint density at radius 1 is 1.06 bits per heavy atom. The molecule has 0 aromatic heterocycles. The van der Waals surface area contributed by atoms with Crippen LogP contribution in [0.3, 0.4) is 0 Å². The molecule has 3 fully saturated rings. The van der Waals surface area contributed by atoms with Crippen LogP contribution in [0.1, 0.15) is 52.4 Å². The predicted molar refractivity (Wildman–Crippen MR) is 72.1 cm³/mol. The van der Waals surface area contributed by atoms with Crippen molar-refractivity contribution in [3.8, 4) is 0 Å². The minimum atomic E-state index is 0.748. The van der Waals surface area contributed by atoms with Gasteiger partial charge in [-0.05, 0) is 50.4 Å². The van der Waals surface area contributed by atoms with Gasteiger partial charge in [0.15, 0.2) is 0 Å². The van der Waals surface area contributed by atoms with Crippen molar-refractivity contribution in [2.75, 3.05) is 13.1 Å². The number of nitrogens with one attached hydrogen (secondary N) is 1. The fourth-order valence-electron chi connectivity index (χ4n) is 3.71. The van der Waals surface area contributed by atoms with Crippen molar-refractivity contribution in [3.63, 3.8) is 0 Å². The lowest BCUT2D eigenvalue weighted by Crippen LogP contribution is -2.60. The molecule has 2 unspecified atom stereocenters. The lowest BCUT2D eigenvalue weighted by molar-refractivity contribution is 0.0557. The van der Waals surface area contributed by atoms with E-state index in [9.17, 15) is 0 Å². The number of hydrogen-bond donors (Lipinski definition) is 1. The van der Waals surface area contributed by atoms with Gasteiger partial charge < -0.3 is 5.32 Å². The summed E-state index contributed by atoms with van der Waals surface area (Å²) in [6.45, 7) is 7.23. The van der Waals surface area contributed by atoms with Gasteiger partial charge in [0.25, 0.3) is 0 Å². The fraction of sp³-hybridized carbons (Fsp3) is 1.00. The van der Waals surface area contributed by atoms with Crippen molar-refractivity contribution in [1.29, 1.82) is 0 Å². The SMILES string of the molecule is CCC1CN(C(C2CC2)C2CC2)C(CC)CN1. The zero-order valence-corrected chi connectivity index (χ0v) is 11.5. The van der Waals surface area contributed by atoms with Crippen LogP contribution in [0.2, 0.25) is 0 Å². The summed E-state index contributed by atoms with van der Waals surface area (Å²) >= 11 is 0. The second-order valence-corrected chi connectivity index (χ2v) is 6.44. The van der Waals surface area contributed by atoms with Gasteiger partial charge in [-0.1, -0.05) is 13.8 Å². The summed E-state index contributed by atoms with van der Waals surface area (Å²) < 4.78 is 0. The van der Waals surface area contributed by atoms with Crippen molar-refractivity contribution in [1.82, 2.24) is 10.2 Å². The second-order valence-electron chi connectivity index (χ2n) is 6.44. The van der Waals surface area contributed by atoms with E-state index in [-0.39, 0.29) is 0 Å². The van der Waals surface area contributed by atoms with Gasteiger partial charge in [-0.25, -0.2) is 0 Å². The van der Waals surface area contributed by atoms with Crippen LogP contribution in [-0.2, 0) is 0 Å². The van der Waals surface area contributed by atoms with Gasteiger partial charge >= 0.3 is 0 Å². The van der Waals surface area contributed by atoms with Crippen LogP contribution >= 0.6 is 0 Å². The molecule has 2 nitrogen and oxygen atoms in total. The van der Waals surface area contributed by atoms with Crippen molar-refractivity contribution in [2.45, 2.75) is 70.5 Å². The summed E-state index contributed by atoms with van der Waals surface area (Å²) in [6.07, 6.45) is 8.65. The average molecular weight is 236 g/mol. The number of hydrogen-bond acceptors (Lipinski definition) is 2. The van der Waals surface area contributed by atoms with Crippen LogP contribution in [-0.4, -0.2) is 36.1 Å². The lowest BCUT2D eigenvalue weighted by atomic mass is 9.97. The third-order valence-electron chi connectivity index (χ3n) is 5.10. The van der Waals surface area contributed by atoms with Gasteiger partial charge in [0.2, 0.25) is 0 Å². The van der Waals surface area contributed by atoms with E-state index in [0.717, 1.165) is 30.0 Å². The molecule has 2 saturated carbocycles. The predicted octanol–water partition coefficient (Wildman–Crippen LogP) is 2.64. The molecule has 1 N–H and O–H groups in total. The third kappa shape index (κ3) is 2.53. The van der Waals surface area contributed by atoms with Gasteiger partial charge in [0.05, 0.1) is 0 Å². The molecule has 0 spiro atoms. The number of rotatable bonds is 5. The summed E-state index contributed by atoms with van der Waals surface area (Å²) in [6, 6.07) is 2.51. The maximum atomic E-state index is 3.73. The highest BCUT2D eigenvalue weighted by molar-refractivity contribution is 5.01. The molecule has 17 heavy (non-hydrogen) atoms. The highest BCUT2D eigenvalue weighted by Gasteiger charge is 2.47. The van der Waals surface area contributed by atoms with Gasteiger partial charge in [0, 0.05) is 31.2 Å². The molecule has 2 atom stereocenters. The maximum absolute atomic E-state index is 3.73. The summed E-state index contributed by atoms with van der Waals surface area (Å²) in [5.74, 6) is 2.12. The van der Waals surface area contributed by atoms with E-state index >= 15 is 0 Å². The summed E-state index contributed by atoms with van der Waals surface area (Å²) in [4.78, 5) is 2.92. The Hall–Kier alpha value is -0.0800. The Morgan fingerprint density at radius 2 is 1.71 bits per heavy atom. The monoisotopic (exact) mass is 236 g/mol. The highest BCUT2D eigenvalue weighted by atomic mass is 15.3. The van der Waals surface area contributed by atoms with Crippen LogP contribution in [0, 0.1) is 11.8 Å². The highest BCUT2D eigenvalue weighted by Crippen LogP contribution is 2.48. The molecular weight excluding hydrogens is 208 g/mol. The summed E-state index contributed by atoms with van der Waals surface area (Å²) in [5, 5.41) is 3.73. The molecule has 98 valence electrons. The molecule has 0 aromatic carbocycles. The van der Waals surface area contributed by atoms with Crippen molar-refractivity contribution >= 4 is 0 Å². The van der Waals surface area contributed by atoms with Crippen LogP contribution in [0.15, 0.2) is 0 Å². The van der Waals surface area contributed by atoms with Gasteiger partial charge in [0.1, 0.15) is 0 Å². The van der Waals surface area contributed by atoms with Crippen molar-refractivity contribution in [2.24, 2.45) is 11.8 Å². The van der Waals surface area contributed by atoms with Gasteiger partial charge in [-0.15, -0.1) is 0 Å². The van der Waals surface area contributed by atoms with Gasteiger partial charge in [-0.3, -0.25) is 4.90 Å². The normalized spacial score (nSPS) is 35.5. The number of nitrogens with zero attached hydrogens (tertiary/aromatic N) is 1. The molecule has 0 aromatic rings.